The van der Waals surface area contributed by atoms with Crippen LogP contribution in [0.2, 0.25) is 0 Å². The van der Waals surface area contributed by atoms with Gasteiger partial charge >= 0.3 is 6.18 Å². The van der Waals surface area contributed by atoms with Gasteiger partial charge in [0.2, 0.25) is 0 Å². The lowest BCUT2D eigenvalue weighted by Gasteiger charge is -2.13. The highest BCUT2D eigenvalue weighted by Crippen LogP contribution is 2.29. The number of carbonyl (C=O) groups is 1. The maximum atomic E-state index is 13.8. The zero-order valence-electron chi connectivity index (χ0n) is 20.9. The molecule has 0 radical (unpaired) electrons. The fourth-order valence-corrected chi connectivity index (χ4v) is 4.16. The van der Waals surface area contributed by atoms with Crippen LogP contribution in [0.15, 0.2) is 48.7 Å². The second kappa shape index (κ2) is 10.5. The molecule has 7 nitrogen and oxygen atoms in total. The summed E-state index contributed by atoms with van der Waals surface area (Å²) in [7, 11) is 0. The Morgan fingerprint density at radius 1 is 1.08 bits per heavy atom. The average molecular weight is 545 g/mol. The number of nitrogens with zero attached hydrogens (tertiary/aromatic N) is 3. The molecule has 0 spiro atoms. The lowest BCUT2D eigenvalue weighted by Crippen LogP contribution is -2.26. The van der Waals surface area contributed by atoms with E-state index in [0.717, 1.165) is 30.5 Å². The molecule has 5 rings (SSSR count). The Kier molecular flexibility index (Phi) is 7.11. The van der Waals surface area contributed by atoms with Crippen molar-refractivity contribution in [1.29, 1.82) is 0 Å². The van der Waals surface area contributed by atoms with E-state index in [1.165, 1.54) is 16.6 Å². The van der Waals surface area contributed by atoms with E-state index in [2.05, 4.69) is 26.0 Å². The molecule has 2 heterocycles. The summed E-state index contributed by atoms with van der Waals surface area (Å²) < 4.78 is 66.5. The fraction of sp³-hybridized carbons (Fsp3) is 0.296. The highest BCUT2D eigenvalue weighted by Gasteiger charge is 2.26. The summed E-state index contributed by atoms with van der Waals surface area (Å²) in [5.74, 6) is -1.96. The molecule has 0 bridgehead atoms. The Morgan fingerprint density at radius 2 is 1.87 bits per heavy atom. The highest BCUT2D eigenvalue weighted by molar-refractivity contribution is 5.96. The van der Waals surface area contributed by atoms with Crippen LogP contribution in [0.3, 0.4) is 0 Å². The zero-order chi connectivity index (χ0) is 27.7. The number of aryl methyl sites for hydroxylation is 1. The third kappa shape index (κ3) is 6.27. The number of anilines is 3. The van der Waals surface area contributed by atoms with Crippen molar-refractivity contribution in [3.8, 4) is 11.3 Å². The quantitative estimate of drug-likeness (QED) is 0.168. The van der Waals surface area contributed by atoms with Crippen LogP contribution in [-0.2, 0) is 0 Å². The maximum absolute atomic E-state index is 13.8. The minimum atomic E-state index is -4.27. The molecular weight excluding hydrogens is 519 g/mol. The smallest absolute Gasteiger partial charge is 0.382 e. The lowest BCUT2D eigenvalue weighted by atomic mass is 10.0. The molecule has 3 N–H and O–H groups in total. The average Bonchev–Trinajstić information content (AvgIpc) is 3.58. The summed E-state index contributed by atoms with van der Waals surface area (Å²) >= 11 is 0. The topological polar surface area (TPSA) is 83.3 Å². The van der Waals surface area contributed by atoms with Crippen molar-refractivity contribution in [3.05, 3.63) is 71.4 Å². The normalized spacial score (nSPS) is 13.5. The van der Waals surface area contributed by atoms with Crippen LogP contribution in [0.1, 0.15) is 41.6 Å². The van der Waals surface area contributed by atoms with Gasteiger partial charge in [-0.2, -0.15) is 13.2 Å². The molecular formula is C27H25F5N6O. The van der Waals surface area contributed by atoms with Crippen molar-refractivity contribution >= 4 is 28.7 Å². The van der Waals surface area contributed by atoms with Crippen molar-refractivity contribution in [2.45, 2.75) is 44.8 Å². The summed E-state index contributed by atoms with van der Waals surface area (Å²) in [4.78, 5) is 17.0. The number of imidazole rings is 1. The number of halogens is 5. The molecule has 0 saturated heterocycles. The van der Waals surface area contributed by atoms with Gasteiger partial charge in [0.15, 0.2) is 23.1 Å². The number of amides is 1. The third-order valence-corrected chi connectivity index (χ3v) is 6.29. The molecule has 1 aliphatic rings. The predicted octanol–water partition coefficient (Wildman–Crippen LogP) is 6.37. The standard InChI is InChI=1S/C27H25F5N6O/c1-15-11-16(3-7-19(15)26(39)36-17-4-5-17)23-14-34-25-22(33-10-2-9-27(30,31)32)13-24(37-38(23)25)35-18-6-8-20(28)21(29)12-18/h3,6-8,11-14,17,33H,2,4-5,9-10H2,1H3,(H,35,37)(H,36,39). The summed E-state index contributed by atoms with van der Waals surface area (Å²) in [6, 6.07) is 10.4. The van der Waals surface area contributed by atoms with E-state index >= 15 is 0 Å². The Hall–Kier alpha value is -4.22. The first-order valence-corrected chi connectivity index (χ1v) is 12.4. The summed E-state index contributed by atoms with van der Waals surface area (Å²) in [5, 5.41) is 13.4. The maximum Gasteiger partial charge on any atom is 0.389 e. The highest BCUT2D eigenvalue weighted by atomic mass is 19.4. The SMILES string of the molecule is Cc1cc(-c2cnc3c(NCCCC(F)(F)F)cc(Nc4ccc(F)c(F)c4)nn23)ccc1C(=O)NC1CC1. The van der Waals surface area contributed by atoms with Gasteiger partial charge < -0.3 is 16.0 Å². The van der Waals surface area contributed by atoms with Crippen LogP contribution >= 0.6 is 0 Å². The Labute approximate surface area is 220 Å². The fourth-order valence-electron chi connectivity index (χ4n) is 4.16. The molecule has 204 valence electrons. The van der Waals surface area contributed by atoms with Crippen LogP contribution in [0.25, 0.3) is 16.9 Å². The molecule has 1 fully saturated rings. The molecule has 12 heteroatoms. The molecule has 4 aromatic rings. The number of hydrogen-bond acceptors (Lipinski definition) is 5. The van der Waals surface area contributed by atoms with Gasteiger partial charge in [0, 0.05) is 48.0 Å². The van der Waals surface area contributed by atoms with E-state index in [1.807, 2.05) is 13.0 Å². The van der Waals surface area contributed by atoms with Gasteiger partial charge in [-0.1, -0.05) is 6.07 Å². The molecule has 0 unspecified atom stereocenters. The molecule has 0 aliphatic heterocycles. The van der Waals surface area contributed by atoms with Gasteiger partial charge in [0.05, 0.1) is 17.6 Å². The Balaban J connectivity index is 1.48. The molecule has 1 saturated carbocycles. The van der Waals surface area contributed by atoms with E-state index in [1.54, 1.807) is 18.3 Å². The predicted molar refractivity (Wildman–Crippen MR) is 137 cm³/mol. The van der Waals surface area contributed by atoms with Crippen LogP contribution in [0, 0.1) is 18.6 Å². The van der Waals surface area contributed by atoms with Gasteiger partial charge in [-0.3, -0.25) is 4.79 Å². The third-order valence-electron chi connectivity index (χ3n) is 6.29. The number of aromatic nitrogens is 3. The second-order valence-electron chi connectivity index (χ2n) is 9.50. The second-order valence-corrected chi connectivity index (χ2v) is 9.50. The van der Waals surface area contributed by atoms with E-state index < -0.39 is 24.2 Å². The molecule has 1 amide bonds. The van der Waals surface area contributed by atoms with E-state index in [-0.39, 0.29) is 36.4 Å². The minimum absolute atomic E-state index is 0.0237. The lowest BCUT2D eigenvalue weighted by molar-refractivity contribution is -0.134. The minimum Gasteiger partial charge on any atom is -0.382 e. The number of rotatable bonds is 9. The van der Waals surface area contributed by atoms with Gasteiger partial charge in [0.25, 0.3) is 5.91 Å². The largest absolute Gasteiger partial charge is 0.389 e. The molecule has 0 atom stereocenters. The van der Waals surface area contributed by atoms with Gasteiger partial charge in [0.1, 0.15) is 0 Å². The van der Waals surface area contributed by atoms with E-state index in [4.69, 9.17) is 0 Å². The van der Waals surface area contributed by atoms with Gasteiger partial charge in [-0.05, 0) is 56.0 Å². The van der Waals surface area contributed by atoms with Crippen LogP contribution in [0.4, 0.5) is 39.1 Å². The molecule has 2 aromatic heterocycles. The van der Waals surface area contributed by atoms with Crippen LogP contribution in [0.5, 0.6) is 0 Å². The first-order valence-electron chi connectivity index (χ1n) is 12.4. The number of alkyl halides is 3. The number of carbonyl (C=O) groups excluding carboxylic acids is 1. The van der Waals surface area contributed by atoms with Crippen molar-refractivity contribution in [3.63, 3.8) is 0 Å². The summed E-state index contributed by atoms with van der Waals surface area (Å²) in [5.41, 5.74) is 3.58. The van der Waals surface area contributed by atoms with Crippen molar-refractivity contribution in [1.82, 2.24) is 19.9 Å². The number of hydrogen-bond donors (Lipinski definition) is 3. The van der Waals surface area contributed by atoms with Gasteiger partial charge in [-0.15, -0.1) is 5.10 Å². The monoisotopic (exact) mass is 544 g/mol. The van der Waals surface area contributed by atoms with E-state index in [0.29, 0.717) is 28.2 Å². The zero-order valence-corrected chi connectivity index (χ0v) is 20.9. The van der Waals surface area contributed by atoms with Gasteiger partial charge in [-0.25, -0.2) is 18.3 Å². The summed E-state index contributed by atoms with van der Waals surface area (Å²) in [6.07, 6.45) is -1.84. The summed E-state index contributed by atoms with van der Waals surface area (Å²) in [6.45, 7) is 1.85. The Morgan fingerprint density at radius 3 is 2.56 bits per heavy atom. The first-order chi connectivity index (χ1) is 18.6. The van der Waals surface area contributed by atoms with Crippen molar-refractivity contribution in [2.24, 2.45) is 0 Å². The number of fused-ring (bicyclic) bond motifs is 1. The van der Waals surface area contributed by atoms with Crippen molar-refractivity contribution < 1.29 is 26.7 Å². The van der Waals surface area contributed by atoms with E-state index in [9.17, 15) is 26.7 Å². The first kappa shape index (κ1) is 26.4. The van der Waals surface area contributed by atoms with Crippen LogP contribution in [-0.4, -0.2) is 39.3 Å². The molecule has 1 aliphatic carbocycles. The van der Waals surface area contributed by atoms with Crippen molar-refractivity contribution in [2.75, 3.05) is 17.2 Å². The number of benzene rings is 2. The molecule has 39 heavy (non-hydrogen) atoms. The Bertz CT molecular complexity index is 1530. The number of nitrogens with one attached hydrogen (secondary N) is 3. The molecule has 2 aromatic carbocycles. The van der Waals surface area contributed by atoms with Crippen LogP contribution < -0.4 is 16.0 Å².